The van der Waals surface area contributed by atoms with Gasteiger partial charge in [-0.05, 0) is 46.5 Å². The van der Waals surface area contributed by atoms with Crippen molar-refractivity contribution in [1.82, 2.24) is 14.9 Å². The molecule has 0 saturated carbocycles. The topological polar surface area (TPSA) is 72.4 Å². The van der Waals surface area contributed by atoms with Gasteiger partial charge in [-0.3, -0.25) is 4.21 Å². The van der Waals surface area contributed by atoms with Gasteiger partial charge in [0.2, 0.25) is 5.16 Å². The van der Waals surface area contributed by atoms with Gasteiger partial charge in [-0.2, -0.15) is 0 Å². The Morgan fingerprint density at radius 3 is 2.83 bits per heavy atom. The van der Waals surface area contributed by atoms with E-state index in [9.17, 15) is 9.00 Å². The number of likely N-dealkylation sites (tertiary alicyclic amines) is 1. The molecule has 1 saturated heterocycles. The van der Waals surface area contributed by atoms with Gasteiger partial charge in [-0.1, -0.05) is 11.6 Å². The lowest BCUT2D eigenvalue weighted by molar-refractivity contribution is 0.0176. The van der Waals surface area contributed by atoms with Gasteiger partial charge >= 0.3 is 6.09 Å². The van der Waals surface area contributed by atoms with Crippen LogP contribution in [0.5, 0.6) is 0 Å². The number of carbonyl (C=O) groups is 1. The van der Waals surface area contributed by atoms with Crippen LogP contribution in [-0.4, -0.2) is 49.6 Å². The van der Waals surface area contributed by atoms with Crippen LogP contribution in [0.2, 0.25) is 5.15 Å². The lowest BCUT2D eigenvalue weighted by Crippen LogP contribution is -2.44. The van der Waals surface area contributed by atoms with Gasteiger partial charge in [0.1, 0.15) is 10.8 Å². The highest BCUT2D eigenvalue weighted by molar-refractivity contribution is 7.84. The second kappa shape index (κ2) is 7.78. The first kappa shape index (κ1) is 19.1. The van der Waals surface area contributed by atoms with Crippen molar-refractivity contribution < 1.29 is 13.7 Å². The number of carbonyl (C=O) groups excluding carboxylic acids is 1. The zero-order valence-electron chi connectivity index (χ0n) is 14.5. The molecule has 0 radical (unpaired) electrons. The molecular formula is C16H24ClN3O3S. The summed E-state index contributed by atoms with van der Waals surface area (Å²) in [4.78, 5) is 22.1. The van der Waals surface area contributed by atoms with E-state index < -0.39 is 16.4 Å². The normalized spacial score (nSPS) is 19.9. The SMILES string of the molecule is Cc1cnc(S(=O)CC2CCCN(C(=O)OC(C)(C)C)C2)nc1Cl. The van der Waals surface area contributed by atoms with Gasteiger partial charge < -0.3 is 9.64 Å². The number of halogens is 1. The molecule has 0 spiro atoms. The number of hydrogen-bond acceptors (Lipinski definition) is 5. The Balaban J connectivity index is 1.96. The Labute approximate surface area is 150 Å². The first-order chi connectivity index (χ1) is 11.2. The van der Waals surface area contributed by atoms with Crippen LogP contribution in [0.3, 0.4) is 0 Å². The lowest BCUT2D eigenvalue weighted by atomic mass is 10.0. The molecule has 1 aliphatic heterocycles. The maximum absolute atomic E-state index is 12.5. The van der Waals surface area contributed by atoms with Crippen molar-refractivity contribution >= 4 is 28.5 Å². The molecule has 1 aromatic rings. The summed E-state index contributed by atoms with van der Waals surface area (Å²) >= 11 is 5.97. The molecule has 0 aliphatic carbocycles. The molecule has 134 valence electrons. The van der Waals surface area contributed by atoms with Gasteiger partial charge in [0.25, 0.3) is 0 Å². The molecule has 2 atom stereocenters. The fraction of sp³-hybridized carbons (Fsp3) is 0.688. The van der Waals surface area contributed by atoms with Crippen molar-refractivity contribution in [3.8, 4) is 0 Å². The van der Waals surface area contributed by atoms with Crippen LogP contribution < -0.4 is 0 Å². The number of ether oxygens (including phenoxy) is 1. The highest BCUT2D eigenvalue weighted by Crippen LogP contribution is 2.21. The van der Waals surface area contributed by atoms with Crippen LogP contribution in [0.1, 0.15) is 39.2 Å². The number of hydrogen-bond donors (Lipinski definition) is 0. The maximum Gasteiger partial charge on any atom is 0.410 e. The first-order valence-corrected chi connectivity index (χ1v) is 9.71. The average molecular weight is 374 g/mol. The zero-order chi connectivity index (χ0) is 17.9. The Morgan fingerprint density at radius 2 is 2.21 bits per heavy atom. The summed E-state index contributed by atoms with van der Waals surface area (Å²) in [5.74, 6) is 0.550. The van der Waals surface area contributed by atoms with Crippen LogP contribution in [0.4, 0.5) is 4.79 Å². The number of nitrogens with zero attached hydrogens (tertiary/aromatic N) is 3. The van der Waals surface area contributed by atoms with Crippen LogP contribution >= 0.6 is 11.6 Å². The molecule has 1 aliphatic rings. The highest BCUT2D eigenvalue weighted by Gasteiger charge is 2.29. The van der Waals surface area contributed by atoms with E-state index >= 15 is 0 Å². The quantitative estimate of drug-likeness (QED) is 0.601. The molecule has 1 amide bonds. The van der Waals surface area contributed by atoms with Crippen molar-refractivity contribution in [3.63, 3.8) is 0 Å². The Kier molecular flexibility index (Phi) is 6.20. The summed E-state index contributed by atoms with van der Waals surface area (Å²) in [6.07, 6.45) is 3.06. The molecule has 1 aromatic heterocycles. The summed E-state index contributed by atoms with van der Waals surface area (Å²) in [6, 6.07) is 0. The van der Waals surface area contributed by atoms with E-state index in [1.807, 2.05) is 20.8 Å². The molecule has 0 bridgehead atoms. The molecule has 2 heterocycles. The molecule has 1 fully saturated rings. The van der Waals surface area contributed by atoms with Gasteiger partial charge in [-0.15, -0.1) is 0 Å². The molecule has 24 heavy (non-hydrogen) atoms. The lowest BCUT2D eigenvalue weighted by Gasteiger charge is -2.33. The summed E-state index contributed by atoms with van der Waals surface area (Å²) in [5, 5.41) is 0.576. The van der Waals surface area contributed by atoms with E-state index in [0.717, 1.165) is 18.4 Å². The number of aryl methyl sites for hydroxylation is 1. The van der Waals surface area contributed by atoms with Crippen LogP contribution in [0.25, 0.3) is 0 Å². The second-order valence-corrected chi connectivity index (χ2v) is 8.82. The third kappa shape index (κ3) is 5.41. The largest absolute Gasteiger partial charge is 0.444 e. The standard InChI is InChI=1S/C16H24ClN3O3S/c1-11-8-18-14(19-13(11)17)24(22)10-12-6-5-7-20(9-12)15(21)23-16(2,3)4/h8,12H,5-7,9-10H2,1-4H3. The minimum Gasteiger partial charge on any atom is -0.444 e. The summed E-state index contributed by atoms with van der Waals surface area (Å²) in [5.41, 5.74) is 0.241. The maximum atomic E-state index is 12.5. The Morgan fingerprint density at radius 1 is 1.50 bits per heavy atom. The third-order valence-corrected chi connectivity index (χ3v) is 5.41. The van der Waals surface area contributed by atoms with Gasteiger partial charge in [-0.25, -0.2) is 14.8 Å². The molecule has 6 nitrogen and oxygen atoms in total. The predicted molar refractivity (Wildman–Crippen MR) is 93.6 cm³/mol. The molecule has 8 heteroatoms. The minimum absolute atomic E-state index is 0.135. The highest BCUT2D eigenvalue weighted by atomic mass is 35.5. The number of rotatable bonds is 3. The van der Waals surface area contributed by atoms with Crippen molar-refractivity contribution in [3.05, 3.63) is 16.9 Å². The molecule has 2 unspecified atom stereocenters. The van der Waals surface area contributed by atoms with E-state index in [-0.39, 0.29) is 17.2 Å². The minimum atomic E-state index is -1.33. The van der Waals surface area contributed by atoms with Crippen LogP contribution in [0.15, 0.2) is 11.4 Å². The van der Waals surface area contributed by atoms with E-state index in [1.165, 1.54) is 0 Å². The Bertz CT molecular complexity index is 633. The summed E-state index contributed by atoms with van der Waals surface area (Å²) in [7, 11) is -1.33. The number of aromatic nitrogens is 2. The van der Waals surface area contributed by atoms with Gasteiger partial charge in [0.15, 0.2) is 0 Å². The van der Waals surface area contributed by atoms with Crippen LogP contribution in [-0.2, 0) is 15.5 Å². The first-order valence-electron chi connectivity index (χ1n) is 8.01. The fourth-order valence-electron chi connectivity index (χ4n) is 2.50. The summed E-state index contributed by atoms with van der Waals surface area (Å²) in [6.45, 7) is 8.56. The van der Waals surface area contributed by atoms with E-state index in [1.54, 1.807) is 18.0 Å². The Hall–Kier alpha value is -1.21. The molecule has 2 rings (SSSR count). The third-order valence-electron chi connectivity index (χ3n) is 3.65. The van der Waals surface area contributed by atoms with E-state index in [4.69, 9.17) is 16.3 Å². The van der Waals surface area contributed by atoms with Gasteiger partial charge in [0.05, 0.1) is 10.8 Å². The predicted octanol–water partition coefficient (Wildman–Crippen LogP) is 3.19. The molecule has 0 N–H and O–H groups in total. The molecular weight excluding hydrogens is 350 g/mol. The van der Waals surface area contributed by atoms with Crippen molar-refractivity contribution in [2.75, 3.05) is 18.8 Å². The van der Waals surface area contributed by atoms with E-state index in [2.05, 4.69) is 9.97 Å². The van der Waals surface area contributed by atoms with E-state index in [0.29, 0.717) is 24.0 Å². The second-order valence-electron chi connectivity index (χ2n) is 7.07. The number of piperidine rings is 1. The van der Waals surface area contributed by atoms with Crippen molar-refractivity contribution in [2.45, 2.75) is 51.3 Å². The van der Waals surface area contributed by atoms with Gasteiger partial charge in [0, 0.05) is 30.6 Å². The monoisotopic (exact) mass is 373 g/mol. The summed E-state index contributed by atoms with van der Waals surface area (Å²) < 4.78 is 17.9. The average Bonchev–Trinajstić information content (AvgIpc) is 2.48. The van der Waals surface area contributed by atoms with Crippen molar-refractivity contribution in [1.29, 1.82) is 0 Å². The van der Waals surface area contributed by atoms with Crippen molar-refractivity contribution in [2.24, 2.45) is 5.92 Å². The smallest absolute Gasteiger partial charge is 0.410 e. The van der Waals surface area contributed by atoms with Crippen LogP contribution in [0, 0.1) is 12.8 Å². The molecule has 0 aromatic carbocycles. The zero-order valence-corrected chi connectivity index (χ0v) is 16.1. The fourth-order valence-corrected chi connectivity index (χ4v) is 3.89. The number of amides is 1.